The summed E-state index contributed by atoms with van der Waals surface area (Å²) in [5, 5.41) is 1.35. The quantitative estimate of drug-likeness (QED) is 0.168. The molecule has 0 saturated heterocycles. The van der Waals surface area contributed by atoms with E-state index in [-0.39, 0.29) is 0 Å². The zero-order valence-electron chi connectivity index (χ0n) is 27.5. The molecule has 0 bridgehead atoms. The Balaban J connectivity index is 0.000000236. The zero-order valence-corrected chi connectivity index (χ0v) is 33.5. The molecule has 4 rings (SSSR count). The number of aromatic nitrogens is 1. The van der Waals surface area contributed by atoms with Crippen LogP contribution in [-0.2, 0) is 6.42 Å². The van der Waals surface area contributed by atoms with E-state index in [1.54, 1.807) is 0 Å². The molecule has 1 aliphatic rings. The van der Waals surface area contributed by atoms with Crippen molar-refractivity contribution in [2.45, 2.75) is 123 Å². The van der Waals surface area contributed by atoms with E-state index in [0.717, 1.165) is 23.0 Å². The maximum Gasteiger partial charge on any atom is 0.169 e. The molecule has 0 spiro atoms. The number of fused-ring (bicyclic) bond motifs is 2. The first-order chi connectivity index (χ1) is 19.0. The summed E-state index contributed by atoms with van der Waals surface area (Å²) in [6.07, 6.45) is 7.79. The summed E-state index contributed by atoms with van der Waals surface area (Å²) >= 11 is 13.8. The van der Waals surface area contributed by atoms with Gasteiger partial charge in [0.1, 0.15) is 0 Å². The van der Waals surface area contributed by atoms with Crippen molar-refractivity contribution in [3.8, 4) is 0 Å². The zero-order chi connectivity index (χ0) is 31.3. The molecule has 0 N–H and O–H groups in total. The Bertz CT molecular complexity index is 1250. The highest BCUT2D eigenvalue weighted by atomic mass is 79.9. The van der Waals surface area contributed by atoms with Gasteiger partial charge in [-0.15, -0.1) is 0 Å². The first-order valence-electron chi connectivity index (χ1n) is 15.4. The fraction of sp³-hybridized carbons (Fsp3) is 0.543. The molecule has 228 valence electrons. The lowest BCUT2D eigenvalue weighted by atomic mass is 10.1. The van der Waals surface area contributed by atoms with Crippen LogP contribution >= 0.6 is 42.9 Å². The van der Waals surface area contributed by atoms with E-state index in [2.05, 4.69) is 180 Å². The van der Waals surface area contributed by atoms with Crippen LogP contribution in [0.15, 0.2) is 63.7 Å². The van der Waals surface area contributed by atoms with Crippen molar-refractivity contribution < 1.29 is 0 Å². The summed E-state index contributed by atoms with van der Waals surface area (Å²) in [7, 11) is -3.15. The normalized spacial score (nSPS) is 13.4. The molecule has 0 saturated carbocycles. The lowest BCUT2D eigenvalue weighted by Gasteiger charge is -2.44. The van der Waals surface area contributed by atoms with E-state index in [1.807, 2.05) is 0 Å². The van der Waals surface area contributed by atoms with E-state index < -0.39 is 15.6 Å². The molecule has 6 heteroatoms. The average molecular weight is 740 g/mol. The van der Waals surface area contributed by atoms with Crippen LogP contribution in [0.4, 0.5) is 0 Å². The number of rotatable bonds is 7. The third-order valence-corrected chi connectivity index (χ3v) is 26.2. The van der Waals surface area contributed by atoms with Crippen molar-refractivity contribution in [2.24, 2.45) is 0 Å². The third-order valence-electron chi connectivity index (χ3n) is 9.24. The third kappa shape index (κ3) is 8.12. The van der Waals surface area contributed by atoms with Crippen LogP contribution < -0.4 is 0 Å². The molecule has 3 aromatic rings. The predicted octanol–water partition coefficient (Wildman–Crippen LogP) is 13.8. The molecule has 41 heavy (non-hydrogen) atoms. The molecule has 1 heterocycles. The summed E-state index contributed by atoms with van der Waals surface area (Å²) in [5.41, 5.74) is 8.39. The van der Waals surface area contributed by atoms with Crippen LogP contribution in [0.2, 0.25) is 33.2 Å². The molecular formula is C35H54Br2ClNSi2. The molecule has 0 fully saturated rings. The number of hydrogen-bond donors (Lipinski definition) is 0. The second-order valence-electron chi connectivity index (χ2n) is 13.5. The fourth-order valence-electron chi connectivity index (χ4n) is 7.50. The largest absolute Gasteiger partial charge is 0.373 e. The van der Waals surface area contributed by atoms with Gasteiger partial charge >= 0.3 is 0 Å². The molecular weight excluding hydrogens is 686 g/mol. The first kappa shape index (κ1) is 36.6. The summed E-state index contributed by atoms with van der Waals surface area (Å²) < 4.78 is 5.01. The van der Waals surface area contributed by atoms with Crippen molar-refractivity contribution in [2.75, 3.05) is 0 Å². The number of nitrogens with zero attached hydrogens (tertiary/aromatic N) is 1. The highest BCUT2D eigenvalue weighted by Crippen LogP contribution is 2.45. The summed E-state index contributed by atoms with van der Waals surface area (Å²) in [6, 6.07) is 15.3. The van der Waals surface area contributed by atoms with Gasteiger partial charge in [-0.2, -0.15) is 11.1 Å². The van der Waals surface area contributed by atoms with Gasteiger partial charge < -0.3 is 4.23 Å². The Morgan fingerprint density at radius 2 is 1.15 bits per heavy atom. The van der Waals surface area contributed by atoms with Gasteiger partial charge in [0.2, 0.25) is 0 Å². The monoisotopic (exact) mass is 737 g/mol. The average Bonchev–Trinajstić information content (AvgIpc) is 3.50. The number of hydrogen-bond acceptors (Lipinski definition) is 0. The second-order valence-corrected chi connectivity index (χ2v) is 28.1. The SMILES string of the molecule is Brc1ccc2c(c1)CC=C2.CC(C)[Si](C(C)C)(C(C)C)n1ccc2ccc(Br)cc21.CC(C)[Si](Cl)(C(C)C)C(C)C. The van der Waals surface area contributed by atoms with E-state index in [1.165, 1.54) is 31.0 Å². The maximum atomic E-state index is 6.68. The minimum absolute atomic E-state index is 0.684. The number of allylic oxidation sites excluding steroid dienone is 1. The molecule has 1 aliphatic carbocycles. The Hall–Kier alpha value is -0.596. The van der Waals surface area contributed by atoms with Crippen molar-refractivity contribution >= 4 is 75.5 Å². The summed E-state index contributed by atoms with van der Waals surface area (Å²) in [4.78, 5) is 0. The van der Waals surface area contributed by atoms with Crippen molar-refractivity contribution in [1.82, 2.24) is 4.23 Å². The van der Waals surface area contributed by atoms with Gasteiger partial charge in [-0.1, -0.05) is 139 Å². The van der Waals surface area contributed by atoms with Crippen LogP contribution in [0.3, 0.4) is 0 Å². The van der Waals surface area contributed by atoms with Crippen LogP contribution in [0.5, 0.6) is 0 Å². The van der Waals surface area contributed by atoms with E-state index >= 15 is 0 Å². The Morgan fingerprint density at radius 1 is 0.659 bits per heavy atom. The van der Waals surface area contributed by atoms with Crippen LogP contribution in [0.1, 0.15) is 94.2 Å². The summed E-state index contributed by atoms with van der Waals surface area (Å²) in [6.45, 7) is 28.1. The molecule has 1 aromatic heterocycles. The van der Waals surface area contributed by atoms with Crippen LogP contribution in [-0.4, -0.2) is 19.9 Å². The molecule has 0 amide bonds. The van der Waals surface area contributed by atoms with Gasteiger partial charge in [-0.3, -0.25) is 0 Å². The van der Waals surface area contributed by atoms with E-state index in [0.29, 0.717) is 16.6 Å². The Kier molecular flexibility index (Phi) is 13.8. The molecule has 1 nitrogen and oxygen atoms in total. The lowest BCUT2D eigenvalue weighted by Crippen LogP contribution is -2.51. The molecule has 0 radical (unpaired) electrons. The molecule has 0 aliphatic heterocycles. The highest BCUT2D eigenvalue weighted by molar-refractivity contribution is 9.10. The van der Waals surface area contributed by atoms with Gasteiger partial charge in [-0.05, 0) is 92.7 Å². The topological polar surface area (TPSA) is 4.93 Å². The van der Waals surface area contributed by atoms with Crippen LogP contribution in [0.25, 0.3) is 17.0 Å². The highest BCUT2D eigenvalue weighted by Gasteiger charge is 2.45. The summed E-state index contributed by atoms with van der Waals surface area (Å²) in [5.74, 6) is 0. The minimum Gasteiger partial charge on any atom is -0.373 e. The predicted molar refractivity (Wildman–Crippen MR) is 200 cm³/mol. The molecule has 2 aromatic carbocycles. The van der Waals surface area contributed by atoms with E-state index in [4.69, 9.17) is 11.1 Å². The van der Waals surface area contributed by atoms with Gasteiger partial charge in [-0.25, -0.2) is 0 Å². The van der Waals surface area contributed by atoms with Gasteiger partial charge in [0, 0.05) is 14.5 Å². The lowest BCUT2D eigenvalue weighted by molar-refractivity contribution is 0.773. The smallest absolute Gasteiger partial charge is 0.169 e. The van der Waals surface area contributed by atoms with Crippen molar-refractivity contribution in [1.29, 1.82) is 0 Å². The first-order valence-corrected chi connectivity index (χ1v) is 22.4. The fourth-order valence-corrected chi connectivity index (χ4v) is 18.9. The second kappa shape index (κ2) is 15.4. The maximum absolute atomic E-state index is 6.68. The number of benzene rings is 2. The van der Waals surface area contributed by atoms with Gasteiger partial charge in [0.15, 0.2) is 15.6 Å². The van der Waals surface area contributed by atoms with Crippen molar-refractivity contribution in [3.63, 3.8) is 0 Å². The standard InChI is InChI=1S/C17H26BrNSi.C9H7Br.C9H21ClSi/c1-12(2)20(13(3)4,14(5)6)19-10-9-15-7-8-16(18)11-17(15)19;10-9-5-4-7-2-1-3-8(7)6-9;1-7(2)11(10,8(3)4)9(5)6/h7-14H,1-6H3;1-2,4-6H,3H2;7-9H,1-6H3. The minimum atomic E-state index is -1.64. The Labute approximate surface area is 275 Å². The number of halogens is 3. The van der Waals surface area contributed by atoms with E-state index in [9.17, 15) is 0 Å². The molecule has 0 unspecified atom stereocenters. The van der Waals surface area contributed by atoms with Gasteiger partial charge in [0.25, 0.3) is 0 Å². The van der Waals surface area contributed by atoms with Gasteiger partial charge in [0.05, 0.1) is 0 Å². The van der Waals surface area contributed by atoms with Crippen LogP contribution in [0, 0.1) is 0 Å². The Morgan fingerprint density at radius 3 is 1.61 bits per heavy atom. The molecule has 0 atom stereocenters. The van der Waals surface area contributed by atoms with Crippen molar-refractivity contribution in [3.05, 3.63) is 74.8 Å².